The summed E-state index contributed by atoms with van der Waals surface area (Å²) < 4.78 is 5.00. The highest BCUT2D eigenvalue weighted by Crippen LogP contribution is 2.11. The quantitative estimate of drug-likeness (QED) is 0.679. The van der Waals surface area contributed by atoms with Crippen molar-refractivity contribution >= 4 is 5.97 Å². The van der Waals surface area contributed by atoms with E-state index < -0.39 is 23.8 Å². The minimum atomic E-state index is -0.974. The summed E-state index contributed by atoms with van der Waals surface area (Å²) in [7, 11) is 0. The first-order valence-corrected chi connectivity index (χ1v) is 5.19. The van der Waals surface area contributed by atoms with Crippen LogP contribution in [0.4, 0.5) is 0 Å². The van der Waals surface area contributed by atoms with E-state index in [9.17, 15) is 15.0 Å². The Morgan fingerprint density at radius 2 is 1.94 bits per heavy atom. The van der Waals surface area contributed by atoms with Crippen molar-refractivity contribution < 1.29 is 19.7 Å². The van der Waals surface area contributed by atoms with Crippen LogP contribution in [-0.2, 0) is 9.53 Å². The Kier molecular flexibility index (Phi) is 6.01. The van der Waals surface area contributed by atoms with E-state index in [-0.39, 0.29) is 19.3 Å². The van der Waals surface area contributed by atoms with Crippen molar-refractivity contribution in [3.8, 4) is 6.07 Å². The van der Waals surface area contributed by atoms with E-state index in [1.165, 1.54) is 0 Å². The van der Waals surface area contributed by atoms with Crippen LogP contribution in [0.25, 0.3) is 0 Å². The maximum atomic E-state index is 11.3. The second-order valence-electron chi connectivity index (χ2n) is 4.70. The van der Waals surface area contributed by atoms with Gasteiger partial charge in [-0.15, -0.1) is 0 Å². The van der Waals surface area contributed by atoms with Gasteiger partial charge in [0.25, 0.3) is 0 Å². The lowest BCUT2D eigenvalue weighted by atomic mass is 10.1. The third kappa shape index (κ3) is 8.21. The van der Waals surface area contributed by atoms with Crippen molar-refractivity contribution in [2.24, 2.45) is 0 Å². The molecule has 0 rings (SSSR count). The number of rotatable bonds is 5. The number of aliphatic hydroxyl groups is 2. The van der Waals surface area contributed by atoms with Gasteiger partial charge in [-0.2, -0.15) is 5.26 Å². The molecular formula is C11H19NO4. The van der Waals surface area contributed by atoms with Gasteiger partial charge in [0.05, 0.1) is 31.1 Å². The highest BCUT2D eigenvalue weighted by Gasteiger charge is 2.20. The second kappa shape index (κ2) is 6.46. The largest absolute Gasteiger partial charge is 0.460 e. The summed E-state index contributed by atoms with van der Waals surface area (Å²) >= 11 is 0. The van der Waals surface area contributed by atoms with Gasteiger partial charge in [0.15, 0.2) is 0 Å². The number of hydrogen-bond donors (Lipinski definition) is 2. The molecule has 0 radical (unpaired) electrons. The Morgan fingerprint density at radius 1 is 1.38 bits per heavy atom. The molecule has 2 atom stereocenters. The van der Waals surface area contributed by atoms with Crippen molar-refractivity contribution in [1.82, 2.24) is 0 Å². The molecule has 5 heteroatoms. The van der Waals surface area contributed by atoms with Gasteiger partial charge in [-0.1, -0.05) is 0 Å². The first-order chi connectivity index (χ1) is 7.24. The molecule has 0 aromatic heterocycles. The minimum Gasteiger partial charge on any atom is -0.460 e. The van der Waals surface area contributed by atoms with Crippen molar-refractivity contribution in [3.05, 3.63) is 0 Å². The summed E-state index contributed by atoms with van der Waals surface area (Å²) in [5.41, 5.74) is -0.581. The third-order valence-corrected chi connectivity index (χ3v) is 1.69. The van der Waals surface area contributed by atoms with Crippen LogP contribution < -0.4 is 0 Å². The molecule has 2 N–H and O–H groups in total. The number of hydrogen-bond acceptors (Lipinski definition) is 5. The lowest BCUT2D eigenvalue weighted by Gasteiger charge is -2.21. The van der Waals surface area contributed by atoms with Crippen molar-refractivity contribution in [1.29, 1.82) is 5.26 Å². The van der Waals surface area contributed by atoms with Crippen molar-refractivity contribution in [3.63, 3.8) is 0 Å². The summed E-state index contributed by atoms with van der Waals surface area (Å²) in [5.74, 6) is -0.510. The van der Waals surface area contributed by atoms with Gasteiger partial charge in [0.2, 0.25) is 0 Å². The maximum absolute atomic E-state index is 11.3. The summed E-state index contributed by atoms with van der Waals surface area (Å²) in [6.45, 7) is 5.21. The molecule has 0 aliphatic heterocycles. The van der Waals surface area contributed by atoms with Gasteiger partial charge >= 0.3 is 5.97 Å². The van der Waals surface area contributed by atoms with E-state index >= 15 is 0 Å². The van der Waals surface area contributed by atoms with Crippen molar-refractivity contribution in [2.75, 3.05) is 0 Å². The van der Waals surface area contributed by atoms with Crippen molar-refractivity contribution in [2.45, 2.75) is 57.8 Å². The molecule has 0 aromatic rings. The molecule has 0 aromatic carbocycles. The first kappa shape index (κ1) is 14.9. The second-order valence-corrected chi connectivity index (χ2v) is 4.70. The van der Waals surface area contributed by atoms with Gasteiger partial charge < -0.3 is 14.9 Å². The zero-order valence-corrected chi connectivity index (χ0v) is 9.93. The zero-order chi connectivity index (χ0) is 12.8. The highest BCUT2D eigenvalue weighted by molar-refractivity contribution is 5.70. The SMILES string of the molecule is CC(C)(C)OC(=O)C[C@@H](O)C[C@H](O)CC#N. The highest BCUT2D eigenvalue weighted by atomic mass is 16.6. The standard InChI is InChI=1S/C11H19NO4/c1-11(2,3)16-10(15)7-9(14)6-8(13)4-5-12/h8-9,13-14H,4,6-7H2,1-3H3/t8-,9+/m1/s1. The number of nitriles is 1. The molecule has 0 aliphatic rings. The summed E-state index contributed by atoms with van der Waals surface area (Å²) in [5, 5.41) is 27.0. The Balaban J connectivity index is 3.92. The Morgan fingerprint density at radius 3 is 2.38 bits per heavy atom. The Hall–Kier alpha value is -1.12. The zero-order valence-electron chi connectivity index (χ0n) is 9.93. The lowest BCUT2D eigenvalue weighted by Crippen LogP contribution is -2.28. The molecule has 0 unspecified atom stereocenters. The van der Waals surface area contributed by atoms with Crippen LogP contribution in [0, 0.1) is 11.3 Å². The number of esters is 1. The summed E-state index contributed by atoms with van der Waals surface area (Å²) in [4.78, 5) is 11.3. The van der Waals surface area contributed by atoms with Crippen LogP contribution in [0.1, 0.15) is 40.0 Å². The molecule has 0 fully saturated rings. The molecule has 0 heterocycles. The average Bonchev–Trinajstić information content (AvgIpc) is 1.98. The minimum absolute atomic E-state index is 0.00675. The van der Waals surface area contributed by atoms with E-state index in [0.717, 1.165) is 0 Å². The van der Waals surface area contributed by atoms with Crippen LogP contribution in [0.3, 0.4) is 0 Å². The predicted molar refractivity (Wildman–Crippen MR) is 57.3 cm³/mol. The van der Waals surface area contributed by atoms with Crippen LogP contribution >= 0.6 is 0 Å². The number of ether oxygens (including phenoxy) is 1. The van der Waals surface area contributed by atoms with Crippen LogP contribution in [0.15, 0.2) is 0 Å². The lowest BCUT2D eigenvalue weighted by molar-refractivity contribution is -0.157. The topological polar surface area (TPSA) is 90.6 Å². The molecular weight excluding hydrogens is 210 g/mol. The molecule has 0 aliphatic carbocycles. The summed E-state index contributed by atoms with van der Waals surface area (Å²) in [6, 6.07) is 1.79. The monoisotopic (exact) mass is 229 g/mol. The van der Waals surface area contributed by atoms with Gasteiger partial charge in [0, 0.05) is 6.42 Å². The van der Waals surface area contributed by atoms with Crippen LogP contribution in [0.2, 0.25) is 0 Å². The molecule has 92 valence electrons. The number of nitrogens with zero attached hydrogens (tertiary/aromatic N) is 1. The van der Waals surface area contributed by atoms with Crippen LogP contribution in [-0.4, -0.2) is 34.0 Å². The fourth-order valence-corrected chi connectivity index (χ4v) is 1.16. The number of aliphatic hydroxyl groups excluding tert-OH is 2. The molecule has 0 spiro atoms. The van der Waals surface area contributed by atoms with Gasteiger partial charge in [-0.3, -0.25) is 4.79 Å². The van der Waals surface area contributed by atoms with E-state index in [0.29, 0.717) is 0 Å². The normalized spacial score (nSPS) is 15.0. The molecule has 0 bridgehead atoms. The Labute approximate surface area is 95.6 Å². The smallest absolute Gasteiger partial charge is 0.308 e. The van der Waals surface area contributed by atoms with Gasteiger partial charge in [0.1, 0.15) is 5.60 Å². The summed E-state index contributed by atoms with van der Waals surface area (Å²) in [6.07, 6.45) is -2.08. The number of carbonyl (C=O) groups is 1. The molecule has 0 saturated carbocycles. The maximum Gasteiger partial charge on any atom is 0.308 e. The van der Waals surface area contributed by atoms with Gasteiger partial charge in [-0.05, 0) is 20.8 Å². The molecule has 0 amide bonds. The molecule has 5 nitrogen and oxygen atoms in total. The van der Waals surface area contributed by atoms with E-state index in [4.69, 9.17) is 10.00 Å². The fourth-order valence-electron chi connectivity index (χ4n) is 1.16. The third-order valence-electron chi connectivity index (χ3n) is 1.69. The molecule has 0 saturated heterocycles. The first-order valence-electron chi connectivity index (χ1n) is 5.19. The van der Waals surface area contributed by atoms with Gasteiger partial charge in [-0.25, -0.2) is 0 Å². The predicted octanol–water partition coefficient (Wildman–Crippen LogP) is 0.744. The van der Waals surface area contributed by atoms with Crippen LogP contribution in [0.5, 0.6) is 0 Å². The average molecular weight is 229 g/mol. The number of carbonyl (C=O) groups excluding carboxylic acids is 1. The Bertz CT molecular complexity index is 264. The van der Waals surface area contributed by atoms with E-state index in [2.05, 4.69) is 0 Å². The molecule has 16 heavy (non-hydrogen) atoms. The fraction of sp³-hybridized carbons (Fsp3) is 0.818. The van der Waals surface area contributed by atoms with E-state index in [1.807, 2.05) is 0 Å². The van der Waals surface area contributed by atoms with E-state index in [1.54, 1.807) is 26.8 Å².